The normalized spacial score (nSPS) is 10.7. The minimum absolute atomic E-state index is 0.650. The summed E-state index contributed by atoms with van der Waals surface area (Å²) >= 11 is 0. The van der Waals surface area contributed by atoms with E-state index in [0.29, 0.717) is 5.82 Å². The zero-order valence-electron chi connectivity index (χ0n) is 11.1. The summed E-state index contributed by atoms with van der Waals surface area (Å²) in [6.07, 6.45) is 1.75. The van der Waals surface area contributed by atoms with Gasteiger partial charge in [0.25, 0.3) is 0 Å². The average molecular weight is 276 g/mol. The van der Waals surface area contributed by atoms with Gasteiger partial charge in [0.15, 0.2) is 0 Å². The average Bonchev–Trinajstić information content (AvgIpc) is 2.52. The summed E-state index contributed by atoms with van der Waals surface area (Å²) in [5, 5.41) is 3.90. The summed E-state index contributed by atoms with van der Waals surface area (Å²) in [4.78, 5) is 4.26. The van der Waals surface area contributed by atoms with Crippen molar-refractivity contribution in [3.05, 3.63) is 79.0 Å². The van der Waals surface area contributed by atoms with Crippen LogP contribution in [0.3, 0.4) is 0 Å². The molecule has 0 saturated heterocycles. The fourth-order valence-corrected chi connectivity index (χ4v) is 5.51. The van der Waals surface area contributed by atoms with Crippen LogP contribution in [0.4, 0.5) is 5.82 Å². The van der Waals surface area contributed by atoms with Gasteiger partial charge in [-0.15, -0.1) is 0 Å². The van der Waals surface area contributed by atoms with Crippen molar-refractivity contribution in [2.75, 3.05) is 5.73 Å². The highest BCUT2D eigenvalue weighted by Gasteiger charge is 2.20. The van der Waals surface area contributed by atoms with Gasteiger partial charge in [-0.25, -0.2) is 4.98 Å². The fourth-order valence-electron chi connectivity index (χ4n) is 2.52. The molecule has 2 N–H and O–H groups in total. The first-order valence-corrected chi connectivity index (χ1v) is 8.40. The maximum Gasteiger partial charge on any atom is 0.137 e. The molecule has 2 aromatic carbocycles. The molecule has 0 saturated carbocycles. The highest BCUT2D eigenvalue weighted by atomic mass is 28.3. The molecule has 0 aliphatic heterocycles. The van der Waals surface area contributed by atoms with Crippen LogP contribution in [0.25, 0.3) is 0 Å². The van der Waals surface area contributed by atoms with Gasteiger partial charge in [0.1, 0.15) is 14.6 Å². The predicted octanol–water partition coefficient (Wildman–Crippen LogP) is 0.912. The predicted molar refractivity (Wildman–Crippen MR) is 87.6 cm³/mol. The van der Waals surface area contributed by atoms with Crippen molar-refractivity contribution in [1.29, 1.82) is 0 Å². The van der Waals surface area contributed by atoms with Gasteiger partial charge in [-0.3, -0.25) is 0 Å². The molecule has 0 aliphatic carbocycles. The van der Waals surface area contributed by atoms with Gasteiger partial charge < -0.3 is 5.73 Å². The van der Waals surface area contributed by atoms with E-state index in [4.69, 9.17) is 5.73 Å². The summed E-state index contributed by atoms with van der Waals surface area (Å²) in [6.45, 7) is 0. The molecule has 1 heterocycles. The van der Waals surface area contributed by atoms with Gasteiger partial charge in [-0.1, -0.05) is 77.1 Å². The van der Waals surface area contributed by atoms with E-state index in [9.17, 15) is 0 Å². The lowest BCUT2D eigenvalue weighted by molar-refractivity contribution is 1.35. The number of anilines is 1. The van der Waals surface area contributed by atoms with Crippen molar-refractivity contribution >= 4 is 30.2 Å². The molecule has 0 fully saturated rings. The van der Waals surface area contributed by atoms with Crippen molar-refractivity contribution in [2.45, 2.75) is 0 Å². The second-order valence-corrected chi connectivity index (χ2v) is 7.55. The molecule has 0 bridgehead atoms. The Morgan fingerprint density at radius 2 is 1.25 bits per heavy atom. The number of hydrogen-bond donors (Lipinski definition) is 1. The Bertz CT molecular complexity index is 644. The van der Waals surface area contributed by atoms with Crippen molar-refractivity contribution in [2.24, 2.45) is 0 Å². The molecular formula is C17H16N2Si. The van der Waals surface area contributed by atoms with E-state index in [1.54, 1.807) is 6.20 Å². The Labute approximate surface area is 120 Å². The number of benzene rings is 2. The van der Waals surface area contributed by atoms with Crippen LogP contribution >= 0.6 is 0 Å². The first kappa shape index (κ1) is 12.6. The molecule has 2 nitrogen and oxygen atoms in total. The van der Waals surface area contributed by atoms with Gasteiger partial charge >= 0.3 is 0 Å². The largest absolute Gasteiger partial charge is 0.384 e. The molecule has 0 spiro atoms. The van der Waals surface area contributed by atoms with E-state index >= 15 is 0 Å². The lowest BCUT2D eigenvalue weighted by Crippen LogP contribution is -2.52. The second kappa shape index (κ2) is 5.71. The van der Waals surface area contributed by atoms with Crippen LogP contribution in [-0.4, -0.2) is 13.8 Å². The molecule has 3 aromatic rings. The fraction of sp³-hybridized carbons (Fsp3) is 0. The molecule has 3 heteroatoms. The number of aromatic nitrogens is 1. The van der Waals surface area contributed by atoms with E-state index in [1.165, 1.54) is 15.6 Å². The summed E-state index contributed by atoms with van der Waals surface area (Å²) in [7, 11) is -1.54. The molecule has 0 unspecified atom stereocenters. The van der Waals surface area contributed by atoms with Crippen LogP contribution in [0.1, 0.15) is 0 Å². The molecule has 0 aliphatic rings. The van der Waals surface area contributed by atoms with E-state index < -0.39 is 8.80 Å². The molecule has 98 valence electrons. The van der Waals surface area contributed by atoms with Crippen LogP contribution < -0.4 is 21.3 Å². The zero-order valence-corrected chi connectivity index (χ0v) is 12.3. The van der Waals surface area contributed by atoms with Crippen molar-refractivity contribution < 1.29 is 0 Å². The lowest BCUT2D eigenvalue weighted by Gasteiger charge is -2.18. The quantitative estimate of drug-likeness (QED) is 0.722. The van der Waals surface area contributed by atoms with Gasteiger partial charge in [-0.2, -0.15) is 0 Å². The maximum atomic E-state index is 6.12. The van der Waals surface area contributed by atoms with Crippen LogP contribution in [-0.2, 0) is 0 Å². The van der Waals surface area contributed by atoms with E-state index in [0.717, 1.165) is 0 Å². The number of nitrogen functional groups attached to an aromatic ring is 1. The van der Waals surface area contributed by atoms with Crippen molar-refractivity contribution in [1.82, 2.24) is 4.98 Å². The highest BCUT2D eigenvalue weighted by molar-refractivity contribution is 6.96. The lowest BCUT2D eigenvalue weighted by atomic mass is 10.4. The molecule has 20 heavy (non-hydrogen) atoms. The van der Waals surface area contributed by atoms with E-state index in [1.807, 2.05) is 18.2 Å². The van der Waals surface area contributed by atoms with Crippen LogP contribution in [0, 0.1) is 0 Å². The van der Waals surface area contributed by atoms with Crippen LogP contribution in [0.15, 0.2) is 79.0 Å². The Morgan fingerprint density at radius 3 is 1.75 bits per heavy atom. The first-order chi connectivity index (χ1) is 9.86. The molecule has 1 aromatic heterocycles. The third kappa shape index (κ3) is 2.48. The molecule has 3 rings (SSSR count). The maximum absolute atomic E-state index is 6.12. The Hall–Kier alpha value is -2.39. The summed E-state index contributed by atoms with van der Waals surface area (Å²) < 4.78 is 0. The Kier molecular flexibility index (Phi) is 3.61. The number of rotatable bonds is 3. The SMILES string of the molecule is Nc1ncccc1[SiH](c1ccccc1)c1ccccc1. The Balaban J connectivity index is 2.17. The summed E-state index contributed by atoms with van der Waals surface area (Å²) in [5.41, 5.74) is 6.12. The highest BCUT2D eigenvalue weighted by Crippen LogP contribution is 1.99. The van der Waals surface area contributed by atoms with E-state index in [-0.39, 0.29) is 0 Å². The molecule has 0 atom stereocenters. The number of nitrogens with zero attached hydrogens (tertiary/aromatic N) is 1. The zero-order chi connectivity index (χ0) is 13.8. The minimum Gasteiger partial charge on any atom is -0.384 e. The molecule has 0 radical (unpaired) electrons. The second-order valence-electron chi connectivity index (χ2n) is 4.73. The third-order valence-electron chi connectivity index (χ3n) is 3.45. The van der Waals surface area contributed by atoms with Crippen molar-refractivity contribution in [3.63, 3.8) is 0 Å². The third-order valence-corrected chi connectivity index (χ3v) is 6.66. The molecule has 0 amide bonds. The van der Waals surface area contributed by atoms with Gasteiger partial charge in [0, 0.05) is 6.20 Å². The van der Waals surface area contributed by atoms with E-state index in [2.05, 4.69) is 59.6 Å². The monoisotopic (exact) mass is 276 g/mol. The smallest absolute Gasteiger partial charge is 0.137 e. The van der Waals surface area contributed by atoms with Crippen LogP contribution in [0.5, 0.6) is 0 Å². The molecular weight excluding hydrogens is 260 g/mol. The van der Waals surface area contributed by atoms with Gasteiger partial charge in [-0.05, 0) is 11.3 Å². The number of pyridine rings is 1. The van der Waals surface area contributed by atoms with Gasteiger partial charge in [0.05, 0.1) is 0 Å². The summed E-state index contributed by atoms with van der Waals surface area (Å²) in [5.74, 6) is 0.650. The van der Waals surface area contributed by atoms with Crippen LogP contribution in [0.2, 0.25) is 0 Å². The Morgan fingerprint density at radius 1 is 0.700 bits per heavy atom. The number of hydrogen-bond acceptors (Lipinski definition) is 2. The topological polar surface area (TPSA) is 38.9 Å². The summed E-state index contributed by atoms with van der Waals surface area (Å²) in [6, 6.07) is 25.3. The first-order valence-electron chi connectivity index (χ1n) is 6.66. The van der Waals surface area contributed by atoms with Crippen molar-refractivity contribution in [3.8, 4) is 0 Å². The minimum atomic E-state index is -1.54. The number of nitrogens with two attached hydrogens (primary N) is 1. The standard InChI is InChI=1S/C17H16N2Si/c18-17-16(12-7-13-19-17)20(14-8-3-1-4-9-14)15-10-5-2-6-11-15/h1-13,20H,(H2,18,19). The van der Waals surface area contributed by atoms with Gasteiger partial charge in [0.2, 0.25) is 0 Å².